The Balaban J connectivity index is 2.45. The number of nitrogens with zero attached hydrogens (tertiary/aromatic N) is 2. The van der Waals surface area contributed by atoms with E-state index in [4.69, 9.17) is 5.73 Å². The Morgan fingerprint density at radius 2 is 1.79 bits per heavy atom. The largest absolute Gasteiger partial charge is 0.383 e. The van der Waals surface area contributed by atoms with E-state index in [9.17, 15) is 8.42 Å². The number of benzene rings is 1. The first kappa shape index (κ1) is 13.4. The molecule has 0 atom stereocenters. The van der Waals surface area contributed by atoms with Gasteiger partial charge in [-0.3, -0.25) is 4.31 Å². The minimum Gasteiger partial charge on any atom is -0.383 e. The molecule has 0 unspecified atom stereocenters. The lowest BCUT2D eigenvalue weighted by Gasteiger charge is -2.20. The Morgan fingerprint density at radius 3 is 2.37 bits per heavy atom. The number of aryl methyl sites for hydroxylation is 1. The van der Waals surface area contributed by atoms with Crippen LogP contribution >= 0.6 is 0 Å². The van der Waals surface area contributed by atoms with Gasteiger partial charge < -0.3 is 5.73 Å². The third kappa shape index (κ3) is 2.53. The number of nitrogen functional groups attached to an aromatic ring is 1. The van der Waals surface area contributed by atoms with Gasteiger partial charge in [0.05, 0.1) is 5.69 Å². The Bertz CT molecular complexity index is 681. The van der Waals surface area contributed by atoms with Gasteiger partial charge in [0.1, 0.15) is 10.7 Å². The fraction of sp³-hybridized carbons (Fsp3) is 0.154. The van der Waals surface area contributed by atoms with Gasteiger partial charge >= 0.3 is 0 Å². The van der Waals surface area contributed by atoms with E-state index in [0.717, 1.165) is 5.56 Å². The van der Waals surface area contributed by atoms with E-state index < -0.39 is 10.0 Å². The van der Waals surface area contributed by atoms with Gasteiger partial charge in [-0.1, -0.05) is 17.7 Å². The Hall–Kier alpha value is -2.08. The number of hydrogen-bond acceptors (Lipinski definition) is 4. The zero-order valence-corrected chi connectivity index (χ0v) is 11.6. The molecule has 6 heteroatoms. The zero-order valence-electron chi connectivity index (χ0n) is 10.7. The summed E-state index contributed by atoms with van der Waals surface area (Å²) in [6.07, 6.45) is 1.46. The predicted octanol–water partition coefficient (Wildman–Crippen LogP) is 1.80. The maximum atomic E-state index is 12.4. The first-order valence-electron chi connectivity index (χ1n) is 5.69. The molecule has 0 bridgehead atoms. The van der Waals surface area contributed by atoms with E-state index in [1.807, 2.05) is 19.1 Å². The molecule has 0 saturated heterocycles. The first-order chi connectivity index (χ1) is 8.93. The molecule has 1 aromatic heterocycles. The van der Waals surface area contributed by atoms with Crippen LogP contribution in [0.25, 0.3) is 0 Å². The minimum atomic E-state index is -3.69. The molecule has 0 aliphatic rings. The molecule has 0 spiro atoms. The maximum absolute atomic E-state index is 12.4. The van der Waals surface area contributed by atoms with Gasteiger partial charge in [0, 0.05) is 13.2 Å². The average Bonchev–Trinajstić information content (AvgIpc) is 2.39. The second-order valence-corrected chi connectivity index (χ2v) is 6.13. The first-order valence-corrected chi connectivity index (χ1v) is 7.13. The molecule has 0 aliphatic carbocycles. The van der Waals surface area contributed by atoms with Crippen LogP contribution in [-0.4, -0.2) is 20.4 Å². The van der Waals surface area contributed by atoms with Gasteiger partial charge in [-0.15, -0.1) is 0 Å². The molecule has 2 aromatic rings. The van der Waals surface area contributed by atoms with E-state index in [2.05, 4.69) is 4.98 Å². The molecular weight excluding hydrogens is 262 g/mol. The van der Waals surface area contributed by atoms with Gasteiger partial charge in [-0.25, -0.2) is 13.4 Å². The van der Waals surface area contributed by atoms with Crippen LogP contribution in [0.5, 0.6) is 0 Å². The second kappa shape index (κ2) is 4.89. The zero-order chi connectivity index (χ0) is 14.0. The van der Waals surface area contributed by atoms with E-state index in [0.29, 0.717) is 5.69 Å². The number of rotatable bonds is 3. The van der Waals surface area contributed by atoms with E-state index in [-0.39, 0.29) is 10.7 Å². The Morgan fingerprint density at radius 1 is 1.16 bits per heavy atom. The average molecular weight is 277 g/mol. The van der Waals surface area contributed by atoms with Crippen molar-refractivity contribution < 1.29 is 8.42 Å². The number of sulfonamides is 1. The normalized spacial score (nSPS) is 11.3. The molecule has 1 aromatic carbocycles. The van der Waals surface area contributed by atoms with Gasteiger partial charge in [0.25, 0.3) is 10.0 Å². The lowest BCUT2D eigenvalue weighted by Crippen LogP contribution is -2.27. The summed E-state index contributed by atoms with van der Waals surface area (Å²) in [6, 6.07) is 10.2. The number of aromatic nitrogens is 1. The number of hydrogen-bond donors (Lipinski definition) is 1. The van der Waals surface area contributed by atoms with Crippen molar-refractivity contribution in [1.82, 2.24) is 4.98 Å². The molecule has 5 nitrogen and oxygen atoms in total. The van der Waals surface area contributed by atoms with Crippen LogP contribution in [0.2, 0.25) is 0 Å². The molecule has 19 heavy (non-hydrogen) atoms. The Labute approximate surface area is 112 Å². The van der Waals surface area contributed by atoms with Crippen LogP contribution in [0.15, 0.2) is 47.5 Å². The SMILES string of the molecule is Cc1ccc(N(C)S(=O)(=O)c2cccnc2N)cc1. The van der Waals surface area contributed by atoms with Gasteiger partial charge in [0.15, 0.2) is 0 Å². The molecule has 2 rings (SSSR count). The van der Waals surface area contributed by atoms with E-state index in [1.54, 1.807) is 18.2 Å². The summed E-state index contributed by atoms with van der Waals surface area (Å²) < 4.78 is 26.1. The fourth-order valence-corrected chi connectivity index (χ4v) is 2.92. The third-order valence-electron chi connectivity index (χ3n) is 2.84. The molecule has 100 valence electrons. The highest BCUT2D eigenvalue weighted by atomic mass is 32.2. The summed E-state index contributed by atoms with van der Waals surface area (Å²) in [4.78, 5) is 3.82. The van der Waals surface area contributed by atoms with Gasteiger partial charge in [-0.2, -0.15) is 0 Å². The molecule has 1 heterocycles. The van der Waals surface area contributed by atoms with Crippen LogP contribution in [0.3, 0.4) is 0 Å². The third-order valence-corrected chi connectivity index (χ3v) is 4.67. The van der Waals surface area contributed by atoms with Crippen LogP contribution in [0.4, 0.5) is 11.5 Å². The summed E-state index contributed by atoms with van der Waals surface area (Å²) in [5.74, 6) is 0.00135. The molecule has 0 radical (unpaired) electrons. The minimum absolute atomic E-state index is 0.00135. The van der Waals surface area contributed by atoms with Crippen molar-refractivity contribution >= 4 is 21.5 Å². The summed E-state index contributed by atoms with van der Waals surface area (Å²) >= 11 is 0. The monoisotopic (exact) mass is 277 g/mol. The van der Waals surface area contributed by atoms with Crippen molar-refractivity contribution in [3.05, 3.63) is 48.2 Å². The standard InChI is InChI=1S/C13H15N3O2S/c1-10-5-7-11(8-6-10)16(2)19(17,18)12-4-3-9-15-13(12)14/h3-9H,1-2H3,(H2,14,15). The summed E-state index contributed by atoms with van der Waals surface area (Å²) in [7, 11) is -2.20. The molecule has 0 saturated carbocycles. The number of nitrogens with two attached hydrogens (primary N) is 1. The van der Waals surface area contributed by atoms with Crippen molar-refractivity contribution in [3.63, 3.8) is 0 Å². The predicted molar refractivity (Wildman–Crippen MR) is 75.4 cm³/mol. The summed E-state index contributed by atoms with van der Waals surface area (Å²) in [6.45, 7) is 1.94. The molecular formula is C13H15N3O2S. The highest BCUT2D eigenvalue weighted by Crippen LogP contribution is 2.24. The maximum Gasteiger partial charge on any atom is 0.267 e. The molecule has 0 aliphatic heterocycles. The molecule has 0 fully saturated rings. The van der Waals surface area contributed by atoms with Crippen molar-refractivity contribution in [2.45, 2.75) is 11.8 Å². The fourth-order valence-electron chi connectivity index (χ4n) is 1.66. The quantitative estimate of drug-likeness (QED) is 0.928. The smallest absolute Gasteiger partial charge is 0.267 e. The van der Waals surface area contributed by atoms with Gasteiger partial charge in [0.2, 0.25) is 0 Å². The Kier molecular flexibility index (Phi) is 3.44. The van der Waals surface area contributed by atoms with Crippen molar-refractivity contribution in [1.29, 1.82) is 0 Å². The highest BCUT2D eigenvalue weighted by molar-refractivity contribution is 7.93. The topological polar surface area (TPSA) is 76.3 Å². The number of pyridine rings is 1. The highest BCUT2D eigenvalue weighted by Gasteiger charge is 2.23. The van der Waals surface area contributed by atoms with Crippen LogP contribution in [-0.2, 0) is 10.0 Å². The second-order valence-electron chi connectivity index (χ2n) is 4.19. The van der Waals surface area contributed by atoms with Crippen LogP contribution < -0.4 is 10.0 Å². The van der Waals surface area contributed by atoms with E-state index in [1.165, 1.54) is 23.6 Å². The summed E-state index contributed by atoms with van der Waals surface area (Å²) in [5.41, 5.74) is 7.27. The van der Waals surface area contributed by atoms with Crippen LogP contribution in [0.1, 0.15) is 5.56 Å². The lowest BCUT2D eigenvalue weighted by atomic mass is 10.2. The van der Waals surface area contributed by atoms with Crippen LogP contribution in [0, 0.1) is 6.92 Å². The molecule has 2 N–H and O–H groups in total. The number of anilines is 2. The summed E-state index contributed by atoms with van der Waals surface area (Å²) in [5, 5.41) is 0. The van der Waals surface area contributed by atoms with Crippen molar-refractivity contribution in [3.8, 4) is 0 Å². The van der Waals surface area contributed by atoms with Crippen molar-refractivity contribution in [2.24, 2.45) is 0 Å². The molecule has 0 amide bonds. The van der Waals surface area contributed by atoms with Crippen molar-refractivity contribution in [2.75, 3.05) is 17.1 Å². The van der Waals surface area contributed by atoms with E-state index >= 15 is 0 Å². The van der Waals surface area contributed by atoms with Gasteiger partial charge in [-0.05, 0) is 31.2 Å². The lowest BCUT2D eigenvalue weighted by molar-refractivity contribution is 0.594.